The fourth-order valence-corrected chi connectivity index (χ4v) is 1.12. The Labute approximate surface area is 93.0 Å². The number of amides is 1. The number of carbonyl (C=O) groups is 1. The maximum atomic E-state index is 10.1. The lowest BCUT2D eigenvalue weighted by Gasteiger charge is -2.15. The lowest BCUT2D eigenvalue weighted by atomic mass is 10.2. The second-order valence-electron chi connectivity index (χ2n) is 3.15. The summed E-state index contributed by atoms with van der Waals surface area (Å²) < 4.78 is 0. The standard InChI is InChI=1S/C8H18N2O6/c11-8(12)10-4-1-3-9-7(6-16-14)2-5-15-13/h7,9-10,13-14H,1-6H2,(H,11,12). The van der Waals surface area contributed by atoms with Crippen LogP contribution in [0.25, 0.3) is 0 Å². The largest absolute Gasteiger partial charge is 0.465 e. The minimum absolute atomic E-state index is 0.0791. The van der Waals surface area contributed by atoms with E-state index in [1.165, 1.54) is 0 Å². The minimum Gasteiger partial charge on any atom is -0.465 e. The molecule has 0 saturated carbocycles. The predicted octanol–water partition coefficient (Wildman–Crippen LogP) is -0.0284. The van der Waals surface area contributed by atoms with E-state index in [1.807, 2.05) is 0 Å². The summed E-state index contributed by atoms with van der Waals surface area (Å²) in [5.74, 6) is 0. The second-order valence-corrected chi connectivity index (χ2v) is 3.15. The zero-order valence-corrected chi connectivity index (χ0v) is 8.89. The van der Waals surface area contributed by atoms with Crippen LogP contribution in [-0.4, -0.2) is 54.1 Å². The van der Waals surface area contributed by atoms with Crippen molar-refractivity contribution in [2.75, 3.05) is 26.3 Å². The molecular weight excluding hydrogens is 220 g/mol. The monoisotopic (exact) mass is 238 g/mol. The maximum Gasteiger partial charge on any atom is 0.404 e. The molecule has 1 atom stereocenters. The lowest BCUT2D eigenvalue weighted by Crippen LogP contribution is -2.36. The second kappa shape index (κ2) is 10.6. The summed E-state index contributed by atoms with van der Waals surface area (Å²) in [6.45, 7) is 1.13. The van der Waals surface area contributed by atoms with Crippen LogP contribution in [0.3, 0.4) is 0 Å². The minimum atomic E-state index is -1.05. The first-order valence-corrected chi connectivity index (χ1v) is 4.93. The fraction of sp³-hybridized carbons (Fsp3) is 0.875. The Balaban J connectivity index is 3.47. The van der Waals surface area contributed by atoms with Crippen LogP contribution in [0, 0.1) is 0 Å². The third-order valence-electron chi connectivity index (χ3n) is 1.90. The summed E-state index contributed by atoms with van der Waals surface area (Å²) in [6.07, 6.45) is 0.0429. The number of nitrogens with one attached hydrogen (secondary N) is 2. The Bertz CT molecular complexity index is 180. The molecule has 0 aliphatic rings. The van der Waals surface area contributed by atoms with Gasteiger partial charge in [0.2, 0.25) is 0 Å². The van der Waals surface area contributed by atoms with Crippen molar-refractivity contribution in [1.29, 1.82) is 0 Å². The van der Waals surface area contributed by atoms with Crippen molar-refractivity contribution in [2.45, 2.75) is 18.9 Å². The molecule has 0 aliphatic heterocycles. The summed E-state index contributed by atoms with van der Waals surface area (Å²) in [5, 5.41) is 30.0. The first kappa shape index (κ1) is 15.1. The molecule has 0 aliphatic carbocycles. The van der Waals surface area contributed by atoms with Crippen molar-refractivity contribution in [3.63, 3.8) is 0 Å². The summed E-state index contributed by atoms with van der Waals surface area (Å²) in [5.41, 5.74) is 0. The van der Waals surface area contributed by atoms with Gasteiger partial charge in [0.1, 0.15) is 0 Å². The van der Waals surface area contributed by atoms with E-state index in [0.717, 1.165) is 0 Å². The average Bonchev–Trinajstić information content (AvgIpc) is 2.24. The highest BCUT2D eigenvalue weighted by Gasteiger charge is 2.08. The average molecular weight is 238 g/mol. The zero-order chi connectivity index (χ0) is 12.2. The van der Waals surface area contributed by atoms with E-state index in [4.69, 9.17) is 15.6 Å². The van der Waals surface area contributed by atoms with Gasteiger partial charge in [0.05, 0.1) is 13.2 Å². The first-order chi connectivity index (χ1) is 7.70. The van der Waals surface area contributed by atoms with Gasteiger partial charge in [0.15, 0.2) is 0 Å². The van der Waals surface area contributed by atoms with E-state index >= 15 is 0 Å². The van der Waals surface area contributed by atoms with Gasteiger partial charge in [-0.2, -0.15) is 0 Å². The van der Waals surface area contributed by atoms with Crippen molar-refractivity contribution < 1.29 is 30.2 Å². The molecule has 0 heterocycles. The first-order valence-electron chi connectivity index (χ1n) is 4.93. The summed E-state index contributed by atoms with van der Waals surface area (Å²) in [6, 6.07) is -0.151. The SMILES string of the molecule is O=C(O)NCCCNC(CCOO)COO. The normalized spacial score (nSPS) is 12.4. The molecule has 0 bridgehead atoms. The van der Waals surface area contributed by atoms with Crippen LogP contribution in [-0.2, 0) is 9.78 Å². The van der Waals surface area contributed by atoms with Crippen molar-refractivity contribution in [3.8, 4) is 0 Å². The van der Waals surface area contributed by atoms with Crippen LogP contribution in [0.1, 0.15) is 12.8 Å². The quantitative estimate of drug-likeness (QED) is 0.206. The highest BCUT2D eigenvalue weighted by Crippen LogP contribution is 1.93. The Morgan fingerprint density at radius 2 is 2.00 bits per heavy atom. The van der Waals surface area contributed by atoms with Gasteiger partial charge in [0, 0.05) is 12.6 Å². The number of carboxylic acid groups (broad SMARTS) is 1. The lowest BCUT2D eigenvalue weighted by molar-refractivity contribution is -0.257. The molecule has 0 radical (unpaired) electrons. The summed E-state index contributed by atoms with van der Waals surface area (Å²) >= 11 is 0. The van der Waals surface area contributed by atoms with Crippen molar-refractivity contribution >= 4 is 6.09 Å². The molecule has 5 N–H and O–H groups in total. The van der Waals surface area contributed by atoms with Crippen molar-refractivity contribution in [2.24, 2.45) is 0 Å². The topological polar surface area (TPSA) is 120 Å². The Hall–Kier alpha value is -0.930. The van der Waals surface area contributed by atoms with E-state index in [-0.39, 0.29) is 19.3 Å². The van der Waals surface area contributed by atoms with E-state index in [1.54, 1.807) is 0 Å². The van der Waals surface area contributed by atoms with Crippen LogP contribution >= 0.6 is 0 Å². The molecule has 0 saturated heterocycles. The number of hydrogen-bond donors (Lipinski definition) is 5. The Kier molecular flexibility index (Phi) is 9.97. The van der Waals surface area contributed by atoms with Gasteiger partial charge < -0.3 is 15.7 Å². The van der Waals surface area contributed by atoms with Gasteiger partial charge in [-0.1, -0.05) is 0 Å². The Morgan fingerprint density at radius 3 is 2.56 bits per heavy atom. The van der Waals surface area contributed by atoms with E-state index in [9.17, 15) is 4.79 Å². The Morgan fingerprint density at radius 1 is 1.25 bits per heavy atom. The number of hydrogen-bond acceptors (Lipinski definition) is 6. The molecule has 1 amide bonds. The third-order valence-corrected chi connectivity index (χ3v) is 1.90. The molecule has 0 spiro atoms. The van der Waals surface area contributed by atoms with Gasteiger partial charge in [0.25, 0.3) is 0 Å². The summed E-state index contributed by atoms with van der Waals surface area (Å²) in [7, 11) is 0. The zero-order valence-electron chi connectivity index (χ0n) is 8.89. The van der Waals surface area contributed by atoms with Crippen LogP contribution < -0.4 is 10.6 Å². The van der Waals surface area contributed by atoms with Crippen molar-refractivity contribution in [1.82, 2.24) is 10.6 Å². The van der Waals surface area contributed by atoms with E-state index in [2.05, 4.69) is 20.4 Å². The number of rotatable bonds is 10. The molecule has 0 aromatic carbocycles. The van der Waals surface area contributed by atoms with Crippen molar-refractivity contribution in [3.05, 3.63) is 0 Å². The highest BCUT2D eigenvalue weighted by atomic mass is 17.1. The predicted molar refractivity (Wildman–Crippen MR) is 54.2 cm³/mol. The van der Waals surface area contributed by atoms with Crippen LogP contribution in [0.2, 0.25) is 0 Å². The molecule has 0 fully saturated rings. The molecule has 0 aromatic rings. The molecule has 8 nitrogen and oxygen atoms in total. The van der Waals surface area contributed by atoms with Gasteiger partial charge >= 0.3 is 6.09 Å². The fourth-order valence-electron chi connectivity index (χ4n) is 1.12. The molecule has 8 heteroatoms. The van der Waals surface area contributed by atoms with Gasteiger partial charge in [-0.05, 0) is 19.4 Å². The van der Waals surface area contributed by atoms with Gasteiger partial charge in [-0.25, -0.2) is 14.6 Å². The molecule has 0 rings (SSSR count). The van der Waals surface area contributed by atoms with E-state index < -0.39 is 6.09 Å². The molecular formula is C8H18N2O6. The smallest absolute Gasteiger partial charge is 0.404 e. The molecule has 0 aromatic heterocycles. The molecule has 96 valence electrons. The molecule has 16 heavy (non-hydrogen) atoms. The highest BCUT2D eigenvalue weighted by molar-refractivity contribution is 5.64. The van der Waals surface area contributed by atoms with Crippen LogP contribution in [0.5, 0.6) is 0 Å². The van der Waals surface area contributed by atoms with Gasteiger partial charge in [-0.3, -0.25) is 10.5 Å². The maximum absolute atomic E-state index is 10.1. The van der Waals surface area contributed by atoms with E-state index in [0.29, 0.717) is 25.9 Å². The van der Waals surface area contributed by atoms with Crippen LogP contribution in [0.15, 0.2) is 0 Å². The van der Waals surface area contributed by atoms with Gasteiger partial charge in [-0.15, -0.1) is 0 Å². The third kappa shape index (κ3) is 9.62. The van der Waals surface area contributed by atoms with Crippen LogP contribution in [0.4, 0.5) is 4.79 Å². The summed E-state index contributed by atoms with van der Waals surface area (Å²) in [4.78, 5) is 18.0. The molecule has 1 unspecified atom stereocenters.